The predicted molar refractivity (Wildman–Crippen MR) is 70.5 cm³/mol. The number of carbonyl (C=O) groups is 1. The number of ether oxygens (including phenoxy) is 2. The molecule has 4 nitrogen and oxygen atoms in total. The lowest BCUT2D eigenvalue weighted by atomic mass is 9.98. The lowest BCUT2D eigenvalue weighted by Gasteiger charge is -2.32. The second kappa shape index (κ2) is 5.29. The zero-order chi connectivity index (χ0) is 13.1. The Kier molecular flexibility index (Phi) is 3.75. The number of piperidine rings is 1. The van der Waals surface area contributed by atoms with E-state index in [0.29, 0.717) is 12.2 Å². The largest absolute Gasteiger partial charge is 0.497 e. The fourth-order valence-electron chi connectivity index (χ4n) is 2.28. The Morgan fingerprint density at radius 1 is 1.28 bits per heavy atom. The maximum atomic E-state index is 11.5. The summed E-state index contributed by atoms with van der Waals surface area (Å²) < 4.78 is 10.6. The van der Waals surface area contributed by atoms with E-state index in [-0.39, 0.29) is 5.92 Å². The highest BCUT2D eigenvalue weighted by Crippen LogP contribution is 2.33. The Morgan fingerprint density at radius 3 is 2.67 bits per heavy atom. The lowest BCUT2D eigenvalue weighted by molar-refractivity contribution is -0.122. The van der Waals surface area contributed by atoms with Crippen LogP contribution in [0.2, 0.25) is 0 Å². The van der Waals surface area contributed by atoms with Crippen molar-refractivity contribution in [3.8, 4) is 11.5 Å². The molecular formula is C14H19NO3. The molecule has 1 heterocycles. The topological polar surface area (TPSA) is 38.8 Å². The summed E-state index contributed by atoms with van der Waals surface area (Å²) in [6.07, 6.45) is 0.607. The van der Waals surface area contributed by atoms with Crippen LogP contribution in [0.4, 0.5) is 5.69 Å². The van der Waals surface area contributed by atoms with Crippen molar-refractivity contribution in [2.45, 2.75) is 13.3 Å². The molecule has 0 saturated carbocycles. The van der Waals surface area contributed by atoms with Crippen LogP contribution in [0.3, 0.4) is 0 Å². The normalized spacial score (nSPS) is 19.8. The molecule has 1 aromatic carbocycles. The second-order valence-corrected chi connectivity index (χ2v) is 4.60. The van der Waals surface area contributed by atoms with E-state index in [2.05, 4.69) is 4.90 Å². The molecule has 1 saturated heterocycles. The minimum Gasteiger partial charge on any atom is -0.497 e. The molecule has 0 bridgehead atoms. The first-order valence-electron chi connectivity index (χ1n) is 6.15. The van der Waals surface area contributed by atoms with E-state index >= 15 is 0 Å². The molecular weight excluding hydrogens is 230 g/mol. The Hall–Kier alpha value is -1.71. The first kappa shape index (κ1) is 12.7. The molecule has 0 radical (unpaired) electrons. The number of rotatable bonds is 3. The third-order valence-electron chi connectivity index (χ3n) is 3.40. The van der Waals surface area contributed by atoms with Crippen LogP contribution in [0.1, 0.15) is 13.3 Å². The van der Waals surface area contributed by atoms with E-state index in [0.717, 1.165) is 30.3 Å². The highest BCUT2D eigenvalue weighted by molar-refractivity contribution is 5.83. The smallest absolute Gasteiger partial charge is 0.145 e. The maximum absolute atomic E-state index is 11.5. The molecule has 1 aliphatic heterocycles. The van der Waals surface area contributed by atoms with Gasteiger partial charge in [0.25, 0.3) is 0 Å². The first-order valence-corrected chi connectivity index (χ1v) is 6.15. The van der Waals surface area contributed by atoms with Crippen LogP contribution < -0.4 is 14.4 Å². The number of benzene rings is 1. The number of carbonyl (C=O) groups excluding carboxylic acids is 1. The average molecular weight is 249 g/mol. The van der Waals surface area contributed by atoms with Crippen molar-refractivity contribution in [1.82, 2.24) is 0 Å². The number of anilines is 1. The molecule has 4 heteroatoms. The minimum atomic E-state index is 0.0885. The van der Waals surface area contributed by atoms with Gasteiger partial charge < -0.3 is 14.4 Å². The third kappa shape index (κ3) is 2.42. The van der Waals surface area contributed by atoms with E-state index < -0.39 is 0 Å². The number of nitrogens with zero attached hydrogens (tertiary/aromatic N) is 1. The zero-order valence-electron chi connectivity index (χ0n) is 11.1. The van der Waals surface area contributed by atoms with Gasteiger partial charge >= 0.3 is 0 Å². The van der Waals surface area contributed by atoms with Crippen LogP contribution in [-0.4, -0.2) is 33.1 Å². The summed E-state index contributed by atoms with van der Waals surface area (Å²) in [5.74, 6) is 2.00. The Balaban J connectivity index is 2.25. The summed E-state index contributed by atoms with van der Waals surface area (Å²) in [4.78, 5) is 13.7. The molecule has 1 atom stereocenters. The van der Waals surface area contributed by atoms with Gasteiger partial charge in [0.15, 0.2) is 0 Å². The van der Waals surface area contributed by atoms with Crippen molar-refractivity contribution >= 4 is 11.5 Å². The Labute approximate surface area is 107 Å². The second-order valence-electron chi connectivity index (χ2n) is 4.60. The number of hydrogen-bond acceptors (Lipinski definition) is 4. The molecule has 0 N–H and O–H groups in total. The summed E-state index contributed by atoms with van der Waals surface area (Å²) in [5, 5.41) is 0. The monoisotopic (exact) mass is 249 g/mol. The fourth-order valence-corrected chi connectivity index (χ4v) is 2.28. The van der Waals surface area contributed by atoms with Crippen molar-refractivity contribution < 1.29 is 14.3 Å². The van der Waals surface area contributed by atoms with Crippen LogP contribution in [0.25, 0.3) is 0 Å². The maximum Gasteiger partial charge on any atom is 0.145 e. The van der Waals surface area contributed by atoms with Gasteiger partial charge in [0, 0.05) is 31.5 Å². The van der Waals surface area contributed by atoms with Crippen molar-refractivity contribution in [2.75, 3.05) is 32.2 Å². The minimum absolute atomic E-state index is 0.0885. The van der Waals surface area contributed by atoms with Gasteiger partial charge in [-0.3, -0.25) is 4.79 Å². The van der Waals surface area contributed by atoms with Gasteiger partial charge in [0.1, 0.15) is 17.3 Å². The molecule has 0 amide bonds. The van der Waals surface area contributed by atoms with Crippen molar-refractivity contribution in [3.63, 3.8) is 0 Å². The van der Waals surface area contributed by atoms with E-state index in [4.69, 9.17) is 9.47 Å². The van der Waals surface area contributed by atoms with Crippen LogP contribution >= 0.6 is 0 Å². The molecule has 0 spiro atoms. The van der Waals surface area contributed by atoms with Gasteiger partial charge in [0.2, 0.25) is 0 Å². The zero-order valence-corrected chi connectivity index (χ0v) is 11.1. The summed E-state index contributed by atoms with van der Waals surface area (Å²) >= 11 is 0. The Morgan fingerprint density at radius 2 is 2.06 bits per heavy atom. The molecule has 0 aliphatic carbocycles. The highest BCUT2D eigenvalue weighted by Gasteiger charge is 2.25. The highest BCUT2D eigenvalue weighted by atomic mass is 16.5. The molecule has 98 valence electrons. The van der Waals surface area contributed by atoms with Gasteiger partial charge in [-0.05, 0) is 12.1 Å². The van der Waals surface area contributed by atoms with Gasteiger partial charge in [-0.2, -0.15) is 0 Å². The van der Waals surface area contributed by atoms with E-state index in [1.165, 1.54) is 0 Å². The van der Waals surface area contributed by atoms with E-state index in [9.17, 15) is 4.79 Å². The number of ketones is 1. The van der Waals surface area contributed by atoms with Crippen LogP contribution in [0.15, 0.2) is 18.2 Å². The van der Waals surface area contributed by atoms with E-state index in [1.807, 2.05) is 25.1 Å². The van der Waals surface area contributed by atoms with Crippen LogP contribution in [-0.2, 0) is 4.79 Å². The van der Waals surface area contributed by atoms with Gasteiger partial charge in [-0.1, -0.05) is 6.92 Å². The summed E-state index contributed by atoms with van der Waals surface area (Å²) in [6.45, 7) is 3.48. The van der Waals surface area contributed by atoms with Crippen LogP contribution in [0, 0.1) is 5.92 Å². The van der Waals surface area contributed by atoms with Crippen molar-refractivity contribution in [2.24, 2.45) is 5.92 Å². The average Bonchev–Trinajstić information content (AvgIpc) is 2.41. The molecule has 2 rings (SSSR count). The van der Waals surface area contributed by atoms with Crippen LogP contribution in [0.5, 0.6) is 11.5 Å². The molecule has 0 aromatic heterocycles. The van der Waals surface area contributed by atoms with E-state index in [1.54, 1.807) is 14.2 Å². The molecule has 1 aliphatic rings. The number of methoxy groups -OCH3 is 2. The van der Waals surface area contributed by atoms with Gasteiger partial charge in [-0.15, -0.1) is 0 Å². The lowest BCUT2D eigenvalue weighted by Crippen LogP contribution is -2.39. The van der Waals surface area contributed by atoms with Gasteiger partial charge in [0.05, 0.1) is 19.9 Å². The third-order valence-corrected chi connectivity index (χ3v) is 3.40. The molecule has 18 heavy (non-hydrogen) atoms. The summed E-state index contributed by atoms with van der Waals surface area (Å²) in [5.41, 5.74) is 1.03. The molecule has 1 fully saturated rings. The Bertz CT molecular complexity index is 445. The number of hydrogen-bond donors (Lipinski definition) is 0. The molecule has 1 aromatic rings. The molecule has 1 unspecified atom stereocenters. The SMILES string of the molecule is COc1ccc(N2CCC(=O)C(C)C2)c(OC)c1. The van der Waals surface area contributed by atoms with Gasteiger partial charge in [-0.25, -0.2) is 0 Å². The quantitative estimate of drug-likeness (QED) is 0.822. The fraction of sp³-hybridized carbons (Fsp3) is 0.500. The first-order chi connectivity index (χ1) is 8.65. The predicted octanol–water partition coefficient (Wildman–Crippen LogP) is 2.12. The van der Waals surface area contributed by atoms with Crippen molar-refractivity contribution in [1.29, 1.82) is 0 Å². The standard InChI is InChI=1S/C14H19NO3/c1-10-9-15(7-6-13(10)16)12-5-4-11(17-2)8-14(12)18-3/h4-5,8,10H,6-7,9H2,1-3H3. The van der Waals surface area contributed by atoms with Crippen molar-refractivity contribution in [3.05, 3.63) is 18.2 Å². The summed E-state index contributed by atoms with van der Waals surface area (Å²) in [6, 6.07) is 5.77. The summed E-state index contributed by atoms with van der Waals surface area (Å²) in [7, 11) is 3.28. The number of Topliss-reactive ketones (excluding diaryl/α,β-unsaturated/α-hetero) is 1.